The van der Waals surface area contributed by atoms with Gasteiger partial charge in [-0.25, -0.2) is 9.37 Å². The second-order valence-electron chi connectivity index (χ2n) is 5.35. The van der Waals surface area contributed by atoms with Crippen LogP contribution in [0.3, 0.4) is 0 Å². The van der Waals surface area contributed by atoms with Crippen molar-refractivity contribution in [2.24, 2.45) is 0 Å². The fraction of sp³-hybridized carbons (Fsp3) is 0.176. The van der Waals surface area contributed by atoms with Crippen molar-refractivity contribution in [3.8, 4) is 0 Å². The number of hydrogen-bond donors (Lipinski definition) is 3. The van der Waals surface area contributed by atoms with E-state index in [4.69, 9.17) is 0 Å². The number of carbonyl (C=O) groups excluding carboxylic acids is 1. The number of carbonyl (C=O) groups is 1. The van der Waals surface area contributed by atoms with Crippen molar-refractivity contribution in [2.45, 2.75) is 19.4 Å². The second kappa shape index (κ2) is 6.18. The number of nitrogens with one attached hydrogen (secondary N) is 2. The number of halogens is 1. The van der Waals surface area contributed by atoms with E-state index in [1.54, 1.807) is 36.4 Å². The Bertz CT molecular complexity index is 858. The largest absolute Gasteiger partial charge is 0.384 e. The summed E-state index contributed by atoms with van der Waals surface area (Å²) in [6.07, 6.45) is -0.722. The molecule has 0 aliphatic carbocycles. The van der Waals surface area contributed by atoms with E-state index in [-0.39, 0.29) is 5.82 Å². The molecule has 2 aromatic carbocycles. The second-order valence-corrected chi connectivity index (χ2v) is 5.35. The van der Waals surface area contributed by atoms with Gasteiger partial charge >= 0.3 is 0 Å². The van der Waals surface area contributed by atoms with Gasteiger partial charge in [0.05, 0.1) is 11.0 Å². The van der Waals surface area contributed by atoms with Crippen LogP contribution in [-0.2, 0) is 11.2 Å². The lowest BCUT2D eigenvalue weighted by Crippen LogP contribution is -2.24. The van der Waals surface area contributed by atoms with Crippen LogP contribution >= 0.6 is 0 Å². The quantitative estimate of drug-likeness (QED) is 0.693. The minimum absolute atomic E-state index is 0.266. The normalized spacial score (nSPS) is 12.3. The van der Waals surface area contributed by atoms with Crippen molar-refractivity contribution in [3.63, 3.8) is 0 Å². The van der Waals surface area contributed by atoms with Crippen molar-refractivity contribution >= 4 is 22.6 Å². The van der Waals surface area contributed by atoms with Gasteiger partial charge < -0.3 is 15.4 Å². The Morgan fingerprint density at radius 2 is 2.13 bits per heavy atom. The van der Waals surface area contributed by atoms with Crippen LogP contribution in [0.25, 0.3) is 11.0 Å². The standard InChI is InChI=1S/C17H16FN3O2/c1-10(22)17(23)19-12-6-7-14-15(9-12)21-16(20-14)8-11-4-2-3-5-13(11)18/h2-7,9-10,22H,8H2,1H3,(H,19,23)(H,20,21). The molecule has 3 aromatic rings. The molecule has 1 aromatic heterocycles. The van der Waals surface area contributed by atoms with Crippen LogP contribution in [0.4, 0.5) is 10.1 Å². The molecule has 0 fully saturated rings. The summed E-state index contributed by atoms with van der Waals surface area (Å²) >= 11 is 0. The fourth-order valence-corrected chi connectivity index (χ4v) is 2.29. The van der Waals surface area contributed by atoms with Crippen LogP contribution in [-0.4, -0.2) is 27.1 Å². The lowest BCUT2D eigenvalue weighted by atomic mass is 10.1. The Balaban J connectivity index is 1.85. The van der Waals surface area contributed by atoms with Gasteiger partial charge in [0.1, 0.15) is 17.7 Å². The van der Waals surface area contributed by atoms with Crippen LogP contribution < -0.4 is 5.32 Å². The first-order chi connectivity index (χ1) is 11.0. The third-order valence-electron chi connectivity index (χ3n) is 3.49. The lowest BCUT2D eigenvalue weighted by molar-refractivity contribution is -0.123. The summed E-state index contributed by atoms with van der Waals surface area (Å²) in [6, 6.07) is 11.8. The molecule has 3 N–H and O–H groups in total. The summed E-state index contributed by atoms with van der Waals surface area (Å²) in [5, 5.41) is 11.8. The Morgan fingerprint density at radius 3 is 2.87 bits per heavy atom. The number of nitrogens with zero attached hydrogens (tertiary/aromatic N) is 1. The van der Waals surface area contributed by atoms with Crippen molar-refractivity contribution < 1.29 is 14.3 Å². The highest BCUT2D eigenvalue weighted by molar-refractivity contribution is 5.95. The maximum absolute atomic E-state index is 13.7. The molecule has 1 heterocycles. The Labute approximate surface area is 132 Å². The third kappa shape index (κ3) is 3.37. The Kier molecular flexibility index (Phi) is 4.08. The number of aliphatic hydroxyl groups is 1. The average Bonchev–Trinajstić information content (AvgIpc) is 2.91. The zero-order valence-electron chi connectivity index (χ0n) is 12.5. The minimum atomic E-state index is -1.08. The van der Waals surface area contributed by atoms with Gasteiger partial charge in [0.15, 0.2) is 0 Å². The number of aliphatic hydroxyl groups excluding tert-OH is 1. The summed E-state index contributed by atoms with van der Waals surface area (Å²) in [5.74, 6) is -0.0996. The molecule has 1 amide bonds. The summed E-state index contributed by atoms with van der Waals surface area (Å²) in [6.45, 7) is 1.40. The number of rotatable bonds is 4. The van der Waals surface area contributed by atoms with Crippen molar-refractivity contribution in [3.05, 3.63) is 59.7 Å². The highest BCUT2D eigenvalue weighted by Gasteiger charge is 2.11. The molecule has 0 bridgehead atoms. The Hall–Kier alpha value is -2.73. The van der Waals surface area contributed by atoms with Crippen LogP contribution in [0, 0.1) is 5.82 Å². The van der Waals surface area contributed by atoms with Gasteiger partial charge in [-0.2, -0.15) is 0 Å². The SMILES string of the molecule is CC(O)C(=O)Nc1ccc2nc(Cc3ccccc3F)[nH]c2c1. The zero-order valence-corrected chi connectivity index (χ0v) is 12.5. The van der Waals surface area contributed by atoms with Crippen molar-refractivity contribution in [1.82, 2.24) is 9.97 Å². The molecule has 0 saturated heterocycles. The molecule has 5 nitrogen and oxygen atoms in total. The molecule has 6 heteroatoms. The molecule has 0 aliphatic rings. The maximum atomic E-state index is 13.7. The summed E-state index contributed by atoms with van der Waals surface area (Å²) in [4.78, 5) is 19.0. The minimum Gasteiger partial charge on any atom is -0.384 e. The number of imidazole rings is 1. The van der Waals surface area contributed by atoms with E-state index in [1.807, 2.05) is 0 Å². The van der Waals surface area contributed by atoms with E-state index >= 15 is 0 Å². The zero-order chi connectivity index (χ0) is 16.4. The van der Waals surface area contributed by atoms with E-state index in [2.05, 4.69) is 15.3 Å². The van der Waals surface area contributed by atoms with E-state index < -0.39 is 12.0 Å². The van der Waals surface area contributed by atoms with Crippen LogP contribution in [0.15, 0.2) is 42.5 Å². The van der Waals surface area contributed by atoms with E-state index in [0.29, 0.717) is 23.5 Å². The van der Waals surface area contributed by atoms with E-state index in [9.17, 15) is 14.3 Å². The van der Waals surface area contributed by atoms with Gasteiger partial charge in [-0.3, -0.25) is 4.79 Å². The number of aromatic nitrogens is 2. The predicted molar refractivity (Wildman–Crippen MR) is 85.6 cm³/mol. The number of fused-ring (bicyclic) bond motifs is 1. The summed E-state index contributed by atoms with van der Waals surface area (Å²) < 4.78 is 13.7. The maximum Gasteiger partial charge on any atom is 0.252 e. The molecule has 23 heavy (non-hydrogen) atoms. The lowest BCUT2D eigenvalue weighted by Gasteiger charge is -2.06. The van der Waals surface area contributed by atoms with Gasteiger partial charge in [0.2, 0.25) is 0 Å². The molecular weight excluding hydrogens is 297 g/mol. The van der Waals surface area contributed by atoms with Crippen LogP contribution in [0.5, 0.6) is 0 Å². The number of amides is 1. The molecule has 118 valence electrons. The van der Waals surface area contributed by atoms with Crippen LogP contribution in [0.1, 0.15) is 18.3 Å². The molecule has 1 atom stereocenters. The number of aromatic amines is 1. The molecule has 0 saturated carbocycles. The topological polar surface area (TPSA) is 78.0 Å². The van der Waals surface area contributed by atoms with E-state index in [1.165, 1.54) is 13.0 Å². The molecule has 0 radical (unpaired) electrons. The van der Waals surface area contributed by atoms with E-state index in [0.717, 1.165) is 11.0 Å². The van der Waals surface area contributed by atoms with Gasteiger partial charge in [-0.1, -0.05) is 18.2 Å². The average molecular weight is 313 g/mol. The smallest absolute Gasteiger partial charge is 0.252 e. The third-order valence-corrected chi connectivity index (χ3v) is 3.49. The van der Waals surface area contributed by atoms with Crippen molar-refractivity contribution in [1.29, 1.82) is 0 Å². The molecule has 3 rings (SSSR count). The van der Waals surface area contributed by atoms with Gasteiger partial charge in [0, 0.05) is 12.1 Å². The van der Waals surface area contributed by atoms with Crippen molar-refractivity contribution in [2.75, 3.05) is 5.32 Å². The first-order valence-electron chi connectivity index (χ1n) is 7.24. The molecular formula is C17H16FN3O2. The fourth-order valence-electron chi connectivity index (χ4n) is 2.29. The summed E-state index contributed by atoms with van der Waals surface area (Å²) in [5.41, 5.74) is 2.59. The number of benzene rings is 2. The van der Waals surface area contributed by atoms with Gasteiger partial charge in [-0.15, -0.1) is 0 Å². The number of anilines is 1. The van der Waals surface area contributed by atoms with Gasteiger partial charge in [0.25, 0.3) is 5.91 Å². The predicted octanol–water partition coefficient (Wildman–Crippen LogP) is 2.61. The first kappa shape index (κ1) is 15.2. The Morgan fingerprint density at radius 1 is 1.35 bits per heavy atom. The number of H-pyrrole nitrogens is 1. The van der Waals surface area contributed by atoms with Gasteiger partial charge in [-0.05, 0) is 36.8 Å². The van der Waals surface area contributed by atoms with Crippen LogP contribution in [0.2, 0.25) is 0 Å². The molecule has 1 unspecified atom stereocenters. The highest BCUT2D eigenvalue weighted by Crippen LogP contribution is 2.19. The summed E-state index contributed by atoms with van der Waals surface area (Å²) in [7, 11) is 0. The number of hydrogen-bond acceptors (Lipinski definition) is 3. The molecule has 0 spiro atoms. The first-order valence-corrected chi connectivity index (χ1v) is 7.24. The molecule has 0 aliphatic heterocycles. The monoisotopic (exact) mass is 313 g/mol. The highest BCUT2D eigenvalue weighted by atomic mass is 19.1.